The van der Waals surface area contributed by atoms with Crippen LogP contribution in [0.2, 0.25) is 5.02 Å². The van der Waals surface area contributed by atoms with Crippen LogP contribution < -0.4 is 15.4 Å². The number of carbonyl (C=O) groups is 1. The van der Waals surface area contributed by atoms with Gasteiger partial charge in [-0.25, -0.2) is 4.79 Å². The van der Waals surface area contributed by atoms with Crippen LogP contribution in [-0.4, -0.2) is 16.0 Å². The van der Waals surface area contributed by atoms with Crippen molar-refractivity contribution in [1.82, 2.24) is 9.97 Å². The predicted molar refractivity (Wildman–Crippen MR) is 110 cm³/mol. The second kappa shape index (κ2) is 7.94. The van der Waals surface area contributed by atoms with Crippen LogP contribution in [0.25, 0.3) is 11.0 Å². The molecule has 0 saturated heterocycles. The number of rotatable bonds is 4. The SMILES string of the molecule is O=C(Nc1cccc(Cl)c1)Nc1cccc(Oc2ccc3nccnc3c2)c1. The number of benzene rings is 3. The number of ether oxygens (including phenoxy) is 1. The Morgan fingerprint density at radius 2 is 1.46 bits per heavy atom. The summed E-state index contributed by atoms with van der Waals surface area (Å²) >= 11 is 5.93. The maximum atomic E-state index is 12.2. The summed E-state index contributed by atoms with van der Waals surface area (Å²) < 4.78 is 5.89. The van der Waals surface area contributed by atoms with Gasteiger partial charge in [0.25, 0.3) is 0 Å². The lowest BCUT2D eigenvalue weighted by Gasteiger charge is -2.10. The highest BCUT2D eigenvalue weighted by atomic mass is 35.5. The van der Waals surface area contributed by atoms with Crippen molar-refractivity contribution in [3.05, 3.63) is 84.1 Å². The highest BCUT2D eigenvalue weighted by molar-refractivity contribution is 6.30. The normalized spacial score (nSPS) is 10.5. The van der Waals surface area contributed by atoms with E-state index in [1.165, 1.54) is 0 Å². The Morgan fingerprint density at radius 3 is 2.25 bits per heavy atom. The average molecular weight is 391 g/mol. The first-order valence-corrected chi connectivity index (χ1v) is 8.86. The molecule has 0 saturated carbocycles. The number of fused-ring (bicyclic) bond motifs is 1. The maximum Gasteiger partial charge on any atom is 0.323 e. The number of halogens is 1. The number of hydrogen-bond acceptors (Lipinski definition) is 4. The van der Waals surface area contributed by atoms with Gasteiger partial charge in [-0.3, -0.25) is 9.97 Å². The van der Waals surface area contributed by atoms with Crippen LogP contribution in [0.4, 0.5) is 16.2 Å². The van der Waals surface area contributed by atoms with Crippen molar-refractivity contribution < 1.29 is 9.53 Å². The van der Waals surface area contributed by atoms with Gasteiger partial charge in [0.1, 0.15) is 11.5 Å². The number of hydrogen-bond donors (Lipinski definition) is 2. The van der Waals surface area contributed by atoms with E-state index in [9.17, 15) is 4.79 Å². The van der Waals surface area contributed by atoms with Crippen molar-refractivity contribution in [1.29, 1.82) is 0 Å². The van der Waals surface area contributed by atoms with Gasteiger partial charge >= 0.3 is 6.03 Å². The van der Waals surface area contributed by atoms with Crippen molar-refractivity contribution in [2.24, 2.45) is 0 Å². The molecule has 0 aliphatic rings. The molecule has 2 amide bonds. The van der Waals surface area contributed by atoms with Gasteiger partial charge in [-0.05, 0) is 42.5 Å². The highest BCUT2D eigenvalue weighted by Gasteiger charge is 2.06. The van der Waals surface area contributed by atoms with Gasteiger partial charge < -0.3 is 15.4 Å². The maximum absolute atomic E-state index is 12.2. The largest absolute Gasteiger partial charge is 0.457 e. The first-order chi connectivity index (χ1) is 13.7. The number of aromatic nitrogens is 2. The monoisotopic (exact) mass is 390 g/mol. The second-order valence-electron chi connectivity index (χ2n) is 5.93. The Balaban J connectivity index is 1.45. The molecule has 0 unspecified atom stereocenters. The number of amides is 2. The Labute approximate surface area is 166 Å². The molecule has 4 aromatic rings. The van der Waals surface area contributed by atoms with Gasteiger partial charge in [-0.1, -0.05) is 23.7 Å². The summed E-state index contributed by atoms with van der Waals surface area (Å²) in [5.74, 6) is 1.22. The molecule has 28 heavy (non-hydrogen) atoms. The smallest absolute Gasteiger partial charge is 0.323 e. The minimum absolute atomic E-state index is 0.375. The second-order valence-corrected chi connectivity index (χ2v) is 6.36. The summed E-state index contributed by atoms with van der Waals surface area (Å²) in [6, 6.07) is 19.2. The van der Waals surface area contributed by atoms with Gasteiger partial charge in [-0.2, -0.15) is 0 Å². The first kappa shape index (κ1) is 17.8. The quantitative estimate of drug-likeness (QED) is 0.467. The van der Waals surface area contributed by atoms with E-state index in [4.69, 9.17) is 16.3 Å². The fraction of sp³-hybridized carbons (Fsp3) is 0. The Bertz CT molecular complexity index is 1150. The zero-order valence-electron chi connectivity index (χ0n) is 14.6. The number of nitrogens with one attached hydrogen (secondary N) is 2. The lowest BCUT2D eigenvalue weighted by molar-refractivity contribution is 0.262. The van der Waals surface area contributed by atoms with E-state index < -0.39 is 0 Å². The number of urea groups is 1. The molecular formula is C21H15ClN4O2. The summed E-state index contributed by atoms with van der Waals surface area (Å²) in [5, 5.41) is 6.05. The molecule has 0 fully saturated rings. The summed E-state index contributed by atoms with van der Waals surface area (Å²) in [7, 11) is 0. The van der Waals surface area contributed by atoms with Gasteiger partial charge in [0, 0.05) is 40.9 Å². The van der Waals surface area contributed by atoms with Gasteiger partial charge in [-0.15, -0.1) is 0 Å². The molecule has 0 bridgehead atoms. The average Bonchev–Trinajstić information content (AvgIpc) is 2.68. The molecule has 1 aromatic heterocycles. The summed E-state index contributed by atoms with van der Waals surface area (Å²) in [6.45, 7) is 0. The molecular weight excluding hydrogens is 376 g/mol. The van der Waals surface area contributed by atoms with Crippen LogP contribution in [0.15, 0.2) is 79.1 Å². The Morgan fingerprint density at radius 1 is 0.786 bits per heavy atom. The van der Waals surface area contributed by atoms with Crippen LogP contribution in [0.1, 0.15) is 0 Å². The number of carbonyl (C=O) groups excluding carboxylic acids is 1. The van der Waals surface area contributed by atoms with Crippen LogP contribution in [0.5, 0.6) is 11.5 Å². The van der Waals surface area contributed by atoms with Crippen molar-refractivity contribution in [3.8, 4) is 11.5 Å². The molecule has 7 heteroatoms. The molecule has 0 radical (unpaired) electrons. The van der Waals surface area contributed by atoms with E-state index in [0.29, 0.717) is 27.9 Å². The lowest BCUT2D eigenvalue weighted by Crippen LogP contribution is -2.19. The molecule has 0 aliphatic carbocycles. The zero-order valence-corrected chi connectivity index (χ0v) is 15.4. The summed E-state index contributed by atoms with van der Waals surface area (Å²) in [4.78, 5) is 20.7. The third kappa shape index (κ3) is 4.36. The number of anilines is 2. The van der Waals surface area contributed by atoms with E-state index in [-0.39, 0.29) is 6.03 Å². The topological polar surface area (TPSA) is 76.1 Å². The molecule has 0 atom stereocenters. The molecule has 2 N–H and O–H groups in total. The fourth-order valence-corrected chi connectivity index (χ4v) is 2.83. The summed E-state index contributed by atoms with van der Waals surface area (Å²) in [5.41, 5.74) is 2.74. The molecule has 138 valence electrons. The van der Waals surface area contributed by atoms with Crippen LogP contribution in [0, 0.1) is 0 Å². The van der Waals surface area contributed by atoms with E-state index in [1.807, 2.05) is 18.2 Å². The van der Waals surface area contributed by atoms with Gasteiger partial charge in [0.2, 0.25) is 0 Å². The standard InChI is InChI=1S/C21H15ClN4O2/c22-14-3-1-4-15(11-14)25-21(27)26-16-5-2-6-17(12-16)28-18-7-8-19-20(13-18)24-10-9-23-19/h1-13H,(H2,25,26,27). The van der Waals surface area contributed by atoms with Gasteiger partial charge in [0.05, 0.1) is 11.0 Å². The molecule has 0 aliphatic heterocycles. The molecule has 0 spiro atoms. The fourth-order valence-electron chi connectivity index (χ4n) is 2.64. The van der Waals surface area contributed by atoms with E-state index >= 15 is 0 Å². The molecule has 1 heterocycles. The third-order valence-electron chi connectivity index (χ3n) is 3.85. The van der Waals surface area contributed by atoms with Gasteiger partial charge in [0.15, 0.2) is 0 Å². The highest BCUT2D eigenvalue weighted by Crippen LogP contribution is 2.26. The van der Waals surface area contributed by atoms with Crippen LogP contribution in [0.3, 0.4) is 0 Å². The lowest BCUT2D eigenvalue weighted by atomic mass is 10.2. The minimum atomic E-state index is -0.375. The first-order valence-electron chi connectivity index (χ1n) is 8.48. The summed E-state index contributed by atoms with van der Waals surface area (Å²) in [6.07, 6.45) is 3.28. The van der Waals surface area contributed by atoms with E-state index in [0.717, 1.165) is 11.0 Å². The van der Waals surface area contributed by atoms with Crippen molar-refractivity contribution in [3.63, 3.8) is 0 Å². The Kier molecular flexibility index (Phi) is 5.03. The van der Waals surface area contributed by atoms with E-state index in [1.54, 1.807) is 60.9 Å². The number of nitrogens with zero attached hydrogens (tertiary/aromatic N) is 2. The van der Waals surface area contributed by atoms with Crippen LogP contribution >= 0.6 is 11.6 Å². The predicted octanol–water partition coefficient (Wildman–Crippen LogP) is 5.72. The third-order valence-corrected chi connectivity index (χ3v) is 4.09. The van der Waals surface area contributed by atoms with E-state index in [2.05, 4.69) is 20.6 Å². The minimum Gasteiger partial charge on any atom is -0.457 e. The zero-order chi connectivity index (χ0) is 19.3. The molecule has 3 aromatic carbocycles. The molecule has 6 nitrogen and oxygen atoms in total. The molecule has 4 rings (SSSR count). The van der Waals surface area contributed by atoms with Crippen molar-refractivity contribution in [2.75, 3.05) is 10.6 Å². The Hall–Kier alpha value is -3.64. The van der Waals surface area contributed by atoms with Crippen LogP contribution in [-0.2, 0) is 0 Å². The van der Waals surface area contributed by atoms with Crippen molar-refractivity contribution in [2.45, 2.75) is 0 Å². The van der Waals surface area contributed by atoms with Crippen molar-refractivity contribution >= 4 is 40.0 Å².